The number of benzene rings is 1. The van der Waals surface area contributed by atoms with Crippen molar-refractivity contribution in [1.82, 2.24) is 19.9 Å². The molecule has 2 aromatic rings. The summed E-state index contributed by atoms with van der Waals surface area (Å²) in [5.74, 6) is -0.277. The molecule has 0 atom stereocenters. The van der Waals surface area contributed by atoms with Crippen LogP contribution in [0, 0.1) is 0 Å². The Labute approximate surface area is 173 Å². The van der Waals surface area contributed by atoms with Gasteiger partial charge in [-0.05, 0) is 31.5 Å². The third-order valence-corrected chi connectivity index (χ3v) is 4.01. The van der Waals surface area contributed by atoms with Crippen molar-refractivity contribution < 1.29 is 32.5 Å². The Morgan fingerprint density at radius 3 is 2.50 bits per heavy atom. The first-order chi connectivity index (χ1) is 14.4. The number of alkyl halides is 2. The number of methoxy groups -OCH3 is 1. The SMILES string of the molecule is CCOC(Cn1cc(C(=O)N(C)Cc2ccc(OC(F)F)c(OC)c2)nn1)OCC. The number of aromatic nitrogens is 3. The molecule has 0 saturated carbocycles. The minimum Gasteiger partial charge on any atom is -0.493 e. The second-order valence-corrected chi connectivity index (χ2v) is 6.19. The maximum absolute atomic E-state index is 12.7. The number of hydrogen-bond acceptors (Lipinski definition) is 7. The number of amides is 1. The molecule has 1 amide bonds. The summed E-state index contributed by atoms with van der Waals surface area (Å²) >= 11 is 0. The summed E-state index contributed by atoms with van der Waals surface area (Å²) in [6.45, 7) is 2.24. The summed E-state index contributed by atoms with van der Waals surface area (Å²) in [4.78, 5) is 14.1. The highest BCUT2D eigenvalue weighted by molar-refractivity contribution is 5.91. The molecular formula is C19H26F2N4O5. The molecule has 11 heteroatoms. The van der Waals surface area contributed by atoms with E-state index in [2.05, 4.69) is 15.0 Å². The number of halogens is 2. The fourth-order valence-electron chi connectivity index (χ4n) is 2.71. The summed E-state index contributed by atoms with van der Waals surface area (Å²) in [6.07, 6.45) is 1.04. The lowest BCUT2D eigenvalue weighted by molar-refractivity contribution is -0.145. The van der Waals surface area contributed by atoms with Gasteiger partial charge in [0.15, 0.2) is 23.5 Å². The van der Waals surface area contributed by atoms with Crippen LogP contribution in [-0.4, -0.2) is 66.1 Å². The van der Waals surface area contributed by atoms with Gasteiger partial charge in [0.2, 0.25) is 0 Å². The predicted molar refractivity (Wildman–Crippen MR) is 102 cm³/mol. The summed E-state index contributed by atoms with van der Waals surface area (Å²) in [6, 6.07) is 4.49. The Balaban J connectivity index is 2.03. The first-order valence-electron chi connectivity index (χ1n) is 9.38. The first kappa shape index (κ1) is 23.5. The minimum atomic E-state index is -2.96. The van der Waals surface area contributed by atoms with Crippen molar-refractivity contribution >= 4 is 5.91 Å². The molecule has 0 fully saturated rings. The standard InChI is InChI=1S/C19H26F2N4O5/c1-5-28-17(29-6-2)12-25-11-14(22-23-25)18(26)24(3)10-13-7-8-15(30-19(20)21)16(9-13)27-4/h7-9,11,17,19H,5-6,10,12H2,1-4H3. The van der Waals surface area contributed by atoms with Gasteiger partial charge in [-0.15, -0.1) is 5.10 Å². The zero-order chi connectivity index (χ0) is 22.1. The van der Waals surface area contributed by atoms with E-state index in [4.69, 9.17) is 14.2 Å². The molecule has 0 N–H and O–H groups in total. The number of ether oxygens (including phenoxy) is 4. The van der Waals surface area contributed by atoms with Crippen LogP contribution in [0.25, 0.3) is 0 Å². The molecule has 1 aromatic heterocycles. The number of hydrogen-bond donors (Lipinski definition) is 0. The summed E-state index contributed by atoms with van der Waals surface area (Å²) < 4.78 is 46.8. The Hall–Kier alpha value is -2.79. The summed E-state index contributed by atoms with van der Waals surface area (Å²) in [7, 11) is 2.95. The normalized spacial score (nSPS) is 11.2. The van der Waals surface area contributed by atoms with Crippen LogP contribution in [-0.2, 0) is 22.6 Å². The average molecular weight is 428 g/mol. The second kappa shape index (κ2) is 11.4. The molecule has 0 spiro atoms. The Morgan fingerprint density at radius 2 is 1.90 bits per heavy atom. The van der Waals surface area contributed by atoms with Crippen LogP contribution in [0.15, 0.2) is 24.4 Å². The largest absolute Gasteiger partial charge is 0.493 e. The van der Waals surface area contributed by atoms with E-state index in [1.807, 2.05) is 13.8 Å². The zero-order valence-electron chi connectivity index (χ0n) is 17.4. The van der Waals surface area contributed by atoms with Gasteiger partial charge >= 0.3 is 6.61 Å². The lowest BCUT2D eigenvalue weighted by Gasteiger charge is -2.17. The van der Waals surface area contributed by atoms with Crippen molar-refractivity contribution in [2.75, 3.05) is 27.4 Å². The fraction of sp³-hybridized carbons (Fsp3) is 0.526. The molecule has 0 saturated heterocycles. The molecular weight excluding hydrogens is 402 g/mol. The molecule has 0 aliphatic rings. The minimum absolute atomic E-state index is 0.0775. The van der Waals surface area contributed by atoms with Gasteiger partial charge in [-0.3, -0.25) is 4.79 Å². The Kier molecular flexibility index (Phi) is 8.93. The van der Waals surface area contributed by atoms with E-state index in [0.29, 0.717) is 25.3 Å². The van der Waals surface area contributed by atoms with Crippen LogP contribution in [0.4, 0.5) is 8.78 Å². The van der Waals surface area contributed by atoms with Crippen LogP contribution in [0.3, 0.4) is 0 Å². The van der Waals surface area contributed by atoms with Gasteiger partial charge in [0.25, 0.3) is 5.91 Å². The van der Waals surface area contributed by atoms with Crippen molar-refractivity contribution in [2.45, 2.75) is 39.8 Å². The summed E-state index contributed by atoms with van der Waals surface area (Å²) in [5.41, 5.74) is 0.832. The number of carbonyl (C=O) groups is 1. The third kappa shape index (κ3) is 6.63. The number of nitrogens with zero attached hydrogens (tertiary/aromatic N) is 4. The maximum atomic E-state index is 12.7. The Morgan fingerprint density at radius 1 is 1.20 bits per heavy atom. The third-order valence-electron chi connectivity index (χ3n) is 4.01. The first-order valence-corrected chi connectivity index (χ1v) is 9.38. The molecule has 0 aliphatic carbocycles. The van der Waals surface area contributed by atoms with Crippen LogP contribution in [0.5, 0.6) is 11.5 Å². The van der Waals surface area contributed by atoms with E-state index in [-0.39, 0.29) is 29.6 Å². The van der Waals surface area contributed by atoms with Crippen LogP contribution in [0.2, 0.25) is 0 Å². The molecule has 166 valence electrons. The molecule has 1 aromatic carbocycles. The van der Waals surface area contributed by atoms with E-state index >= 15 is 0 Å². The van der Waals surface area contributed by atoms with Crippen LogP contribution in [0.1, 0.15) is 29.9 Å². The predicted octanol–water partition coefficient (Wildman–Crippen LogP) is 2.56. The molecule has 2 rings (SSSR count). The van der Waals surface area contributed by atoms with Crippen molar-refractivity contribution in [3.05, 3.63) is 35.7 Å². The molecule has 0 radical (unpaired) electrons. The molecule has 0 aliphatic heterocycles. The second-order valence-electron chi connectivity index (χ2n) is 6.19. The highest BCUT2D eigenvalue weighted by Crippen LogP contribution is 2.29. The van der Waals surface area contributed by atoms with Gasteiger partial charge in [-0.25, -0.2) is 4.68 Å². The van der Waals surface area contributed by atoms with Gasteiger partial charge in [-0.1, -0.05) is 11.3 Å². The van der Waals surface area contributed by atoms with E-state index < -0.39 is 12.9 Å². The lowest BCUT2D eigenvalue weighted by atomic mass is 10.2. The van der Waals surface area contributed by atoms with E-state index in [0.717, 1.165) is 0 Å². The monoisotopic (exact) mass is 428 g/mol. The smallest absolute Gasteiger partial charge is 0.387 e. The fourth-order valence-corrected chi connectivity index (χ4v) is 2.71. The van der Waals surface area contributed by atoms with Gasteiger partial charge in [0.05, 0.1) is 19.9 Å². The average Bonchev–Trinajstić information content (AvgIpc) is 3.17. The molecule has 0 unspecified atom stereocenters. The van der Waals surface area contributed by atoms with Crippen molar-refractivity contribution in [2.24, 2.45) is 0 Å². The number of carbonyl (C=O) groups excluding carboxylic acids is 1. The lowest BCUT2D eigenvalue weighted by Crippen LogP contribution is -2.26. The van der Waals surface area contributed by atoms with E-state index in [1.165, 1.54) is 35.0 Å². The highest BCUT2D eigenvalue weighted by Gasteiger charge is 2.19. The van der Waals surface area contributed by atoms with Gasteiger partial charge in [0, 0.05) is 26.8 Å². The van der Waals surface area contributed by atoms with Gasteiger partial charge in [-0.2, -0.15) is 8.78 Å². The highest BCUT2D eigenvalue weighted by atomic mass is 19.3. The van der Waals surface area contributed by atoms with E-state index in [9.17, 15) is 13.6 Å². The quantitative estimate of drug-likeness (QED) is 0.480. The zero-order valence-corrected chi connectivity index (χ0v) is 17.4. The Bertz CT molecular complexity index is 812. The van der Waals surface area contributed by atoms with Crippen molar-refractivity contribution in [3.63, 3.8) is 0 Å². The molecule has 30 heavy (non-hydrogen) atoms. The molecule has 9 nitrogen and oxygen atoms in total. The van der Waals surface area contributed by atoms with Crippen LogP contribution >= 0.6 is 0 Å². The van der Waals surface area contributed by atoms with Gasteiger partial charge in [0.1, 0.15) is 0 Å². The number of rotatable bonds is 12. The molecule has 1 heterocycles. The van der Waals surface area contributed by atoms with Gasteiger partial charge < -0.3 is 23.8 Å². The maximum Gasteiger partial charge on any atom is 0.387 e. The van der Waals surface area contributed by atoms with Crippen molar-refractivity contribution in [3.8, 4) is 11.5 Å². The van der Waals surface area contributed by atoms with E-state index in [1.54, 1.807) is 13.1 Å². The molecule has 0 bridgehead atoms. The topological polar surface area (TPSA) is 87.9 Å². The summed E-state index contributed by atoms with van der Waals surface area (Å²) in [5, 5.41) is 7.86. The van der Waals surface area contributed by atoms with Crippen LogP contribution < -0.4 is 9.47 Å². The van der Waals surface area contributed by atoms with Crippen molar-refractivity contribution in [1.29, 1.82) is 0 Å².